The third kappa shape index (κ3) is 1.70. The zero-order valence-corrected chi connectivity index (χ0v) is 7.65. The fraction of sp³-hybridized carbons (Fsp3) is 0.111. The SMILES string of the molecule is Clc1ccccc1N1C=NC=NC1. The summed E-state index contributed by atoms with van der Waals surface area (Å²) in [6.45, 7) is 0.577. The molecule has 1 aromatic rings. The predicted molar refractivity (Wildman–Crippen MR) is 55.8 cm³/mol. The van der Waals surface area contributed by atoms with Gasteiger partial charge < -0.3 is 4.90 Å². The molecular formula is C9H8ClN3. The van der Waals surface area contributed by atoms with E-state index in [0.717, 1.165) is 5.69 Å². The number of halogens is 1. The van der Waals surface area contributed by atoms with E-state index < -0.39 is 0 Å². The van der Waals surface area contributed by atoms with E-state index in [2.05, 4.69) is 9.98 Å². The van der Waals surface area contributed by atoms with Gasteiger partial charge in [-0.2, -0.15) is 0 Å². The molecule has 0 saturated carbocycles. The van der Waals surface area contributed by atoms with E-state index in [0.29, 0.717) is 11.7 Å². The van der Waals surface area contributed by atoms with Crippen LogP contribution in [0.25, 0.3) is 0 Å². The Bertz CT molecular complexity index is 360. The van der Waals surface area contributed by atoms with Gasteiger partial charge in [0.15, 0.2) is 0 Å². The Morgan fingerprint density at radius 3 is 2.85 bits per heavy atom. The molecule has 0 saturated heterocycles. The van der Waals surface area contributed by atoms with Gasteiger partial charge in [0.2, 0.25) is 0 Å². The fourth-order valence-corrected chi connectivity index (χ4v) is 1.39. The molecule has 1 aliphatic rings. The van der Waals surface area contributed by atoms with Gasteiger partial charge in [-0.1, -0.05) is 23.7 Å². The maximum Gasteiger partial charge on any atom is 0.117 e. The van der Waals surface area contributed by atoms with Crippen molar-refractivity contribution in [3.05, 3.63) is 29.3 Å². The summed E-state index contributed by atoms with van der Waals surface area (Å²) in [7, 11) is 0. The number of aliphatic imine (C=N–C) groups is 2. The molecule has 0 spiro atoms. The van der Waals surface area contributed by atoms with Gasteiger partial charge in [-0.15, -0.1) is 0 Å². The number of hydrogen-bond donors (Lipinski definition) is 0. The molecule has 0 amide bonds. The first kappa shape index (κ1) is 8.26. The van der Waals surface area contributed by atoms with Gasteiger partial charge in [0.25, 0.3) is 0 Å². The van der Waals surface area contributed by atoms with Crippen LogP contribution in [-0.4, -0.2) is 19.3 Å². The molecule has 3 nitrogen and oxygen atoms in total. The van der Waals surface area contributed by atoms with Crippen molar-refractivity contribution in [1.82, 2.24) is 0 Å². The number of rotatable bonds is 1. The second-order valence-corrected chi connectivity index (χ2v) is 3.03. The lowest BCUT2D eigenvalue weighted by Crippen LogP contribution is -2.23. The Kier molecular flexibility index (Phi) is 2.27. The molecule has 2 rings (SSSR count). The highest BCUT2D eigenvalue weighted by Gasteiger charge is 2.07. The lowest BCUT2D eigenvalue weighted by Gasteiger charge is -2.19. The number of benzene rings is 1. The lowest BCUT2D eigenvalue weighted by molar-refractivity contribution is 1.01. The molecule has 0 unspecified atom stereocenters. The maximum atomic E-state index is 6.00. The topological polar surface area (TPSA) is 28.0 Å². The minimum atomic E-state index is 0.577. The van der Waals surface area contributed by atoms with Gasteiger partial charge in [-0.05, 0) is 12.1 Å². The Morgan fingerprint density at radius 2 is 2.15 bits per heavy atom. The Morgan fingerprint density at radius 1 is 1.31 bits per heavy atom. The second kappa shape index (κ2) is 3.58. The van der Waals surface area contributed by atoms with Crippen molar-refractivity contribution in [3.8, 4) is 0 Å². The van der Waals surface area contributed by atoms with Crippen molar-refractivity contribution >= 4 is 30.0 Å². The van der Waals surface area contributed by atoms with Crippen LogP contribution >= 0.6 is 11.6 Å². The van der Waals surface area contributed by atoms with Crippen LogP contribution < -0.4 is 4.90 Å². The largest absolute Gasteiger partial charge is 0.311 e. The predicted octanol–water partition coefficient (Wildman–Crippen LogP) is 2.17. The molecule has 1 heterocycles. The maximum absolute atomic E-state index is 6.00. The smallest absolute Gasteiger partial charge is 0.117 e. The van der Waals surface area contributed by atoms with Crippen LogP contribution in [0.5, 0.6) is 0 Å². The molecule has 4 heteroatoms. The molecular weight excluding hydrogens is 186 g/mol. The molecule has 0 atom stereocenters. The zero-order chi connectivity index (χ0) is 9.10. The van der Waals surface area contributed by atoms with Crippen molar-refractivity contribution in [1.29, 1.82) is 0 Å². The van der Waals surface area contributed by atoms with E-state index >= 15 is 0 Å². The molecule has 0 bridgehead atoms. The van der Waals surface area contributed by atoms with Gasteiger partial charge in [-0.3, -0.25) is 4.99 Å². The summed E-state index contributed by atoms with van der Waals surface area (Å²) in [5, 5.41) is 0.714. The Hall–Kier alpha value is -1.35. The van der Waals surface area contributed by atoms with E-state index in [4.69, 9.17) is 11.6 Å². The average molecular weight is 194 g/mol. The molecule has 0 aliphatic carbocycles. The third-order valence-electron chi connectivity index (χ3n) is 1.75. The molecule has 0 aromatic heterocycles. The van der Waals surface area contributed by atoms with E-state index in [1.54, 1.807) is 6.34 Å². The molecule has 1 aliphatic heterocycles. The van der Waals surface area contributed by atoms with Gasteiger partial charge >= 0.3 is 0 Å². The standard InChI is InChI=1S/C9H8ClN3/c10-8-3-1-2-4-9(8)13-6-11-5-12-7-13/h1-6H,7H2. The summed E-state index contributed by atoms with van der Waals surface area (Å²) >= 11 is 6.00. The minimum absolute atomic E-state index is 0.577. The van der Waals surface area contributed by atoms with Crippen molar-refractivity contribution in [2.45, 2.75) is 0 Å². The van der Waals surface area contributed by atoms with Gasteiger partial charge in [-0.25, -0.2) is 4.99 Å². The van der Waals surface area contributed by atoms with Crippen LogP contribution in [0.4, 0.5) is 5.69 Å². The fourth-order valence-electron chi connectivity index (χ4n) is 1.14. The van der Waals surface area contributed by atoms with Crippen LogP contribution in [0.15, 0.2) is 34.3 Å². The quantitative estimate of drug-likeness (QED) is 0.672. The first-order valence-electron chi connectivity index (χ1n) is 3.91. The summed E-state index contributed by atoms with van der Waals surface area (Å²) < 4.78 is 0. The second-order valence-electron chi connectivity index (χ2n) is 2.63. The third-order valence-corrected chi connectivity index (χ3v) is 2.07. The molecule has 0 radical (unpaired) electrons. The van der Waals surface area contributed by atoms with E-state index in [-0.39, 0.29) is 0 Å². The molecule has 13 heavy (non-hydrogen) atoms. The summed E-state index contributed by atoms with van der Waals surface area (Å²) in [6, 6.07) is 7.63. The average Bonchev–Trinajstić information content (AvgIpc) is 2.20. The molecule has 0 N–H and O–H groups in total. The minimum Gasteiger partial charge on any atom is -0.311 e. The summed E-state index contributed by atoms with van der Waals surface area (Å²) in [5.41, 5.74) is 0.935. The van der Waals surface area contributed by atoms with Gasteiger partial charge in [0.05, 0.1) is 17.0 Å². The summed E-state index contributed by atoms with van der Waals surface area (Å²) in [6.07, 6.45) is 3.25. The highest BCUT2D eigenvalue weighted by Crippen LogP contribution is 2.24. The first-order valence-corrected chi connectivity index (χ1v) is 4.28. The normalized spacial score (nSPS) is 15.0. The number of para-hydroxylation sites is 1. The van der Waals surface area contributed by atoms with Crippen LogP contribution in [0.2, 0.25) is 5.02 Å². The van der Waals surface area contributed by atoms with Crippen LogP contribution in [-0.2, 0) is 0 Å². The number of anilines is 1. The molecule has 0 fully saturated rings. The summed E-state index contributed by atoms with van der Waals surface area (Å²) in [5.74, 6) is 0. The van der Waals surface area contributed by atoms with E-state index in [9.17, 15) is 0 Å². The van der Waals surface area contributed by atoms with Gasteiger partial charge in [0, 0.05) is 0 Å². The van der Waals surface area contributed by atoms with E-state index in [1.165, 1.54) is 6.34 Å². The molecule has 66 valence electrons. The van der Waals surface area contributed by atoms with Crippen molar-refractivity contribution in [3.63, 3.8) is 0 Å². The van der Waals surface area contributed by atoms with Crippen LogP contribution in [0, 0.1) is 0 Å². The van der Waals surface area contributed by atoms with E-state index in [1.807, 2.05) is 29.2 Å². The zero-order valence-electron chi connectivity index (χ0n) is 6.89. The summed E-state index contributed by atoms with van der Waals surface area (Å²) in [4.78, 5) is 9.84. The molecule has 1 aromatic carbocycles. The Balaban J connectivity index is 2.30. The van der Waals surface area contributed by atoms with Crippen molar-refractivity contribution < 1.29 is 0 Å². The number of hydrogen-bond acceptors (Lipinski definition) is 3. The number of nitrogens with zero attached hydrogens (tertiary/aromatic N) is 3. The highest BCUT2D eigenvalue weighted by molar-refractivity contribution is 6.33. The van der Waals surface area contributed by atoms with Crippen LogP contribution in [0.1, 0.15) is 0 Å². The van der Waals surface area contributed by atoms with Crippen molar-refractivity contribution in [2.24, 2.45) is 9.98 Å². The lowest BCUT2D eigenvalue weighted by atomic mass is 10.3. The first-order chi connectivity index (χ1) is 6.38. The van der Waals surface area contributed by atoms with Crippen molar-refractivity contribution in [2.75, 3.05) is 11.6 Å². The van der Waals surface area contributed by atoms with Gasteiger partial charge in [0.1, 0.15) is 13.0 Å². The monoisotopic (exact) mass is 193 g/mol. The Labute approximate surface area is 81.4 Å². The highest BCUT2D eigenvalue weighted by atomic mass is 35.5. The van der Waals surface area contributed by atoms with Crippen LogP contribution in [0.3, 0.4) is 0 Å².